The minimum Gasteiger partial charge on any atom is -0.390 e. The van der Waals surface area contributed by atoms with Gasteiger partial charge in [-0.1, -0.05) is 43.3 Å². The number of hydrogen-bond donors (Lipinski definition) is 0. The minimum absolute atomic E-state index is 0.0858. The van der Waals surface area contributed by atoms with Crippen LogP contribution in [0.3, 0.4) is 0 Å². The SMILES string of the molecule is CC(C)C(=O)N(Cc1ccc(C(F)(F)F)cc1)CC1CC(c2ccc(N(C)C)cc2)=NO1. The standard InChI is InChI=1S/C24H28F3N3O2/c1-16(2)23(31)30(14-17-5-9-19(10-6-17)24(25,26)27)15-21-13-22(28-32-21)18-7-11-20(12-8-18)29(3)4/h5-12,16,21H,13-15H2,1-4H3. The highest BCUT2D eigenvalue weighted by Crippen LogP contribution is 2.29. The number of carbonyl (C=O) groups excluding carboxylic acids is 1. The van der Waals surface area contributed by atoms with Crippen molar-refractivity contribution in [3.05, 3.63) is 65.2 Å². The van der Waals surface area contributed by atoms with Gasteiger partial charge in [0.15, 0.2) is 6.10 Å². The van der Waals surface area contributed by atoms with Crippen molar-refractivity contribution in [2.24, 2.45) is 11.1 Å². The van der Waals surface area contributed by atoms with E-state index >= 15 is 0 Å². The minimum atomic E-state index is -4.39. The number of hydrogen-bond acceptors (Lipinski definition) is 4. The molecule has 2 aromatic carbocycles. The smallest absolute Gasteiger partial charge is 0.390 e. The number of oxime groups is 1. The first kappa shape index (κ1) is 23.6. The Bertz CT molecular complexity index is 952. The monoisotopic (exact) mass is 447 g/mol. The van der Waals surface area contributed by atoms with Gasteiger partial charge in [0.2, 0.25) is 5.91 Å². The molecule has 172 valence electrons. The van der Waals surface area contributed by atoms with E-state index in [1.807, 2.05) is 43.3 Å². The van der Waals surface area contributed by atoms with E-state index < -0.39 is 11.7 Å². The third-order valence-electron chi connectivity index (χ3n) is 5.33. The Morgan fingerprint density at radius 2 is 1.72 bits per heavy atom. The molecule has 0 saturated carbocycles. The number of benzene rings is 2. The second kappa shape index (κ2) is 9.63. The molecule has 0 aromatic heterocycles. The number of amides is 1. The Labute approximate surface area is 186 Å². The number of carbonyl (C=O) groups is 1. The molecule has 2 aromatic rings. The number of anilines is 1. The van der Waals surface area contributed by atoms with Crippen LogP contribution < -0.4 is 4.90 Å². The average molecular weight is 448 g/mol. The maximum Gasteiger partial charge on any atom is 0.416 e. The van der Waals surface area contributed by atoms with Crippen LogP contribution in [0.1, 0.15) is 37.0 Å². The fourth-order valence-electron chi connectivity index (χ4n) is 3.51. The van der Waals surface area contributed by atoms with Gasteiger partial charge in [0.05, 0.1) is 17.8 Å². The quantitative estimate of drug-likeness (QED) is 0.603. The van der Waals surface area contributed by atoms with Crippen molar-refractivity contribution < 1.29 is 22.8 Å². The van der Waals surface area contributed by atoms with Crippen molar-refractivity contribution in [3.63, 3.8) is 0 Å². The molecule has 1 aliphatic rings. The van der Waals surface area contributed by atoms with Gasteiger partial charge >= 0.3 is 6.18 Å². The van der Waals surface area contributed by atoms with Crippen LogP contribution >= 0.6 is 0 Å². The van der Waals surface area contributed by atoms with Crippen molar-refractivity contribution in [1.29, 1.82) is 0 Å². The molecule has 1 unspecified atom stereocenters. The zero-order valence-electron chi connectivity index (χ0n) is 18.7. The summed E-state index contributed by atoms with van der Waals surface area (Å²) in [4.78, 5) is 22.0. The average Bonchev–Trinajstić information content (AvgIpc) is 3.21. The van der Waals surface area contributed by atoms with E-state index in [4.69, 9.17) is 4.84 Å². The van der Waals surface area contributed by atoms with E-state index in [2.05, 4.69) is 5.16 Å². The third-order valence-corrected chi connectivity index (χ3v) is 5.33. The topological polar surface area (TPSA) is 45.1 Å². The van der Waals surface area contributed by atoms with Crippen LogP contribution in [0.25, 0.3) is 0 Å². The van der Waals surface area contributed by atoms with Crippen LogP contribution in [0.2, 0.25) is 0 Å². The molecule has 0 aliphatic carbocycles. The molecule has 0 fully saturated rings. The Hall–Kier alpha value is -3.03. The number of nitrogens with zero attached hydrogens (tertiary/aromatic N) is 3. The van der Waals surface area contributed by atoms with Gasteiger partial charge in [0.25, 0.3) is 0 Å². The molecular weight excluding hydrogens is 419 g/mol. The second-order valence-corrected chi connectivity index (χ2v) is 8.48. The highest BCUT2D eigenvalue weighted by atomic mass is 19.4. The zero-order chi connectivity index (χ0) is 23.5. The first-order valence-electron chi connectivity index (χ1n) is 10.5. The van der Waals surface area contributed by atoms with Gasteiger partial charge in [-0.05, 0) is 35.4 Å². The molecule has 0 saturated heterocycles. The lowest BCUT2D eigenvalue weighted by atomic mass is 10.0. The Balaban J connectivity index is 1.67. The second-order valence-electron chi connectivity index (χ2n) is 8.48. The molecule has 0 spiro atoms. The lowest BCUT2D eigenvalue weighted by molar-refractivity contribution is -0.138. The number of alkyl halides is 3. The van der Waals surface area contributed by atoms with Crippen LogP contribution in [0.15, 0.2) is 53.7 Å². The van der Waals surface area contributed by atoms with E-state index in [9.17, 15) is 18.0 Å². The van der Waals surface area contributed by atoms with E-state index in [0.717, 1.165) is 29.1 Å². The Kier molecular flexibility index (Phi) is 7.11. The zero-order valence-corrected chi connectivity index (χ0v) is 18.7. The van der Waals surface area contributed by atoms with E-state index in [-0.39, 0.29) is 24.5 Å². The molecule has 5 nitrogen and oxygen atoms in total. The van der Waals surface area contributed by atoms with Crippen LogP contribution in [0, 0.1) is 5.92 Å². The molecule has 1 aliphatic heterocycles. The molecule has 8 heteroatoms. The van der Waals surface area contributed by atoms with E-state index in [1.165, 1.54) is 12.1 Å². The maximum atomic E-state index is 12.8. The molecule has 1 heterocycles. The summed E-state index contributed by atoms with van der Waals surface area (Å²) >= 11 is 0. The van der Waals surface area contributed by atoms with Crippen molar-refractivity contribution in [3.8, 4) is 0 Å². The fraction of sp³-hybridized carbons (Fsp3) is 0.417. The van der Waals surface area contributed by atoms with Crippen LogP contribution in [0.4, 0.5) is 18.9 Å². The molecule has 0 N–H and O–H groups in total. The predicted molar refractivity (Wildman–Crippen MR) is 118 cm³/mol. The van der Waals surface area contributed by atoms with Gasteiger partial charge in [-0.25, -0.2) is 0 Å². The normalized spacial score (nSPS) is 16.0. The van der Waals surface area contributed by atoms with Gasteiger partial charge in [-0.2, -0.15) is 13.2 Å². The van der Waals surface area contributed by atoms with Gasteiger partial charge < -0.3 is 14.6 Å². The van der Waals surface area contributed by atoms with Crippen LogP contribution in [-0.2, 0) is 22.4 Å². The van der Waals surface area contributed by atoms with Crippen molar-refractivity contribution in [2.45, 2.75) is 39.1 Å². The highest BCUT2D eigenvalue weighted by molar-refractivity contribution is 6.01. The van der Waals surface area contributed by atoms with E-state index in [1.54, 1.807) is 18.7 Å². The summed E-state index contributed by atoms with van der Waals surface area (Å²) in [6.07, 6.45) is -4.14. The molecule has 0 bridgehead atoms. The molecule has 32 heavy (non-hydrogen) atoms. The summed E-state index contributed by atoms with van der Waals surface area (Å²) in [6, 6.07) is 12.9. The summed E-state index contributed by atoms with van der Waals surface area (Å²) in [5.41, 5.74) is 2.77. The highest BCUT2D eigenvalue weighted by Gasteiger charge is 2.31. The fourth-order valence-corrected chi connectivity index (χ4v) is 3.51. The molecule has 0 radical (unpaired) electrons. The van der Waals surface area contributed by atoms with Gasteiger partial charge in [0.1, 0.15) is 0 Å². The first-order chi connectivity index (χ1) is 15.0. The number of rotatable bonds is 7. The summed E-state index contributed by atoms with van der Waals surface area (Å²) in [5, 5.41) is 4.20. The summed E-state index contributed by atoms with van der Waals surface area (Å²) in [7, 11) is 3.94. The largest absolute Gasteiger partial charge is 0.416 e. The lowest BCUT2D eigenvalue weighted by Crippen LogP contribution is -2.39. The summed E-state index contributed by atoms with van der Waals surface area (Å²) < 4.78 is 38.5. The molecule has 1 amide bonds. The van der Waals surface area contributed by atoms with Crippen LogP contribution in [0.5, 0.6) is 0 Å². The summed E-state index contributed by atoms with van der Waals surface area (Å²) in [5.74, 6) is -0.331. The Morgan fingerprint density at radius 1 is 1.09 bits per heavy atom. The van der Waals surface area contributed by atoms with Crippen molar-refractivity contribution >= 4 is 17.3 Å². The van der Waals surface area contributed by atoms with Gasteiger partial charge in [-0.3, -0.25) is 4.79 Å². The molecule has 3 rings (SSSR count). The van der Waals surface area contributed by atoms with Crippen molar-refractivity contribution in [1.82, 2.24) is 4.90 Å². The molecule has 1 atom stereocenters. The maximum absolute atomic E-state index is 12.8. The molecular formula is C24H28F3N3O2. The third kappa shape index (κ3) is 5.81. The summed E-state index contributed by atoms with van der Waals surface area (Å²) in [6.45, 7) is 4.11. The van der Waals surface area contributed by atoms with Gasteiger partial charge in [-0.15, -0.1) is 0 Å². The number of halogens is 3. The van der Waals surface area contributed by atoms with E-state index in [0.29, 0.717) is 18.5 Å². The Morgan fingerprint density at radius 3 is 2.25 bits per heavy atom. The first-order valence-corrected chi connectivity index (χ1v) is 10.5. The predicted octanol–water partition coefficient (Wildman–Crippen LogP) is 4.95. The lowest BCUT2D eigenvalue weighted by Gasteiger charge is -2.26. The van der Waals surface area contributed by atoms with Crippen LogP contribution in [-0.4, -0.2) is 43.3 Å². The van der Waals surface area contributed by atoms with Gasteiger partial charge in [0, 0.05) is 38.7 Å². The van der Waals surface area contributed by atoms with Crippen molar-refractivity contribution in [2.75, 3.05) is 25.5 Å².